The smallest absolute Gasteiger partial charge is 0.289 e. The molecule has 0 bridgehead atoms. The van der Waals surface area contributed by atoms with E-state index in [1.807, 2.05) is 0 Å². The van der Waals surface area contributed by atoms with Crippen molar-refractivity contribution in [2.45, 2.75) is 51.9 Å². The zero-order valence-corrected chi connectivity index (χ0v) is 19.4. The predicted molar refractivity (Wildman–Crippen MR) is 116 cm³/mol. The van der Waals surface area contributed by atoms with Gasteiger partial charge in [0.25, 0.3) is 5.92 Å². The lowest BCUT2D eigenvalue weighted by atomic mass is 10.1. The van der Waals surface area contributed by atoms with E-state index in [1.165, 1.54) is 16.9 Å². The fourth-order valence-corrected chi connectivity index (χ4v) is 3.72. The fraction of sp³-hybridized carbons (Fsp3) is 0.429. The van der Waals surface area contributed by atoms with Crippen LogP contribution >= 0.6 is 0 Å². The molecule has 0 aliphatic heterocycles. The quantitative estimate of drug-likeness (QED) is 0.199. The summed E-state index contributed by atoms with van der Waals surface area (Å²) in [6.45, 7) is 7.34. The summed E-state index contributed by atoms with van der Waals surface area (Å²) in [4.78, 5) is 4.18. The van der Waals surface area contributed by atoms with Gasteiger partial charge in [-0.2, -0.15) is 13.9 Å². The minimum atomic E-state index is -3.24. The number of aromatic nitrogens is 3. The van der Waals surface area contributed by atoms with Gasteiger partial charge in [-0.3, -0.25) is 0 Å². The van der Waals surface area contributed by atoms with Crippen LogP contribution < -0.4 is 10.5 Å². The highest BCUT2D eigenvalue weighted by molar-refractivity contribution is 6.76. The second-order valence-corrected chi connectivity index (χ2v) is 14.5. The van der Waals surface area contributed by atoms with Gasteiger partial charge >= 0.3 is 0 Å². The highest BCUT2D eigenvalue weighted by Gasteiger charge is 2.32. The van der Waals surface area contributed by atoms with Gasteiger partial charge in [-0.15, -0.1) is 0 Å². The number of rotatable bonds is 9. The molecule has 0 saturated heterocycles. The van der Waals surface area contributed by atoms with Crippen molar-refractivity contribution < 1.29 is 27.0 Å². The Hall–Kier alpha value is -2.66. The molecule has 2 aromatic heterocycles. The van der Waals surface area contributed by atoms with Gasteiger partial charge in [0.15, 0.2) is 11.5 Å². The summed E-state index contributed by atoms with van der Waals surface area (Å²) in [5.74, 6) is -4.94. The molecule has 0 spiro atoms. The molecule has 0 aliphatic carbocycles. The van der Waals surface area contributed by atoms with E-state index >= 15 is 0 Å². The monoisotopic (exact) mass is 470 g/mol. The number of halogens is 4. The van der Waals surface area contributed by atoms with Crippen LogP contribution in [-0.2, 0) is 24.0 Å². The van der Waals surface area contributed by atoms with Crippen molar-refractivity contribution in [1.29, 1.82) is 0 Å². The summed E-state index contributed by atoms with van der Waals surface area (Å²) in [6, 6.07) is 4.38. The molecule has 2 heterocycles. The number of ether oxygens (including phenoxy) is 2. The first-order valence-corrected chi connectivity index (χ1v) is 13.8. The molecule has 32 heavy (non-hydrogen) atoms. The summed E-state index contributed by atoms with van der Waals surface area (Å²) in [6.07, 6.45) is 1.28. The number of nitrogen functional groups attached to an aromatic ring is 1. The predicted octanol–water partition coefficient (Wildman–Crippen LogP) is 5.29. The Kier molecular flexibility index (Phi) is 6.79. The van der Waals surface area contributed by atoms with Gasteiger partial charge in [-0.1, -0.05) is 19.6 Å². The standard InChI is InChI=1S/C21H26F4N4O2Si/c1-21(24,25)19-14-9-13(31-11-15-16(22)5-6-17(26)18(15)23)10-27-20(14)29(28-19)12-30-7-8-32(2,3)4/h5-6,9-10H,7-8,11-12,26H2,1-4H3. The lowest BCUT2D eigenvalue weighted by molar-refractivity contribution is 0.0115. The third kappa shape index (κ3) is 5.57. The Morgan fingerprint density at radius 1 is 1.19 bits per heavy atom. The lowest BCUT2D eigenvalue weighted by Gasteiger charge is -2.15. The summed E-state index contributed by atoms with van der Waals surface area (Å²) in [7, 11) is -1.30. The third-order valence-electron chi connectivity index (χ3n) is 4.79. The van der Waals surface area contributed by atoms with Crippen molar-refractivity contribution in [3.63, 3.8) is 0 Å². The second kappa shape index (κ2) is 9.06. The van der Waals surface area contributed by atoms with Crippen molar-refractivity contribution in [1.82, 2.24) is 14.8 Å². The molecule has 11 heteroatoms. The van der Waals surface area contributed by atoms with E-state index < -0.39 is 37.9 Å². The molecule has 6 nitrogen and oxygen atoms in total. The molecule has 0 radical (unpaired) electrons. The maximum Gasteiger partial charge on any atom is 0.289 e. The Morgan fingerprint density at radius 3 is 2.56 bits per heavy atom. The van der Waals surface area contributed by atoms with Gasteiger partial charge in [-0.25, -0.2) is 18.4 Å². The number of hydrogen-bond donors (Lipinski definition) is 1. The molecule has 0 saturated carbocycles. The Balaban J connectivity index is 1.84. The number of fused-ring (bicyclic) bond motifs is 1. The van der Waals surface area contributed by atoms with Gasteiger partial charge in [-0.05, 0) is 24.2 Å². The first-order valence-electron chi connectivity index (χ1n) is 10.0. The van der Waals surface area contributed by atoms with Gasteiger partial charge < -0.3 is 15.2 Å². The Morgan fingerprint density at radius 2 is 1.91 bits per heavy atom. The molecule has 0 unspecified atom stereocenters. The molecule has 1 aromatic carbocycles. The number of benzene rings is 1. The SMILES string of the molecule is CC(F)(F)c1nn(COCC[Si](C)(C)C)c2ncc(OCc3c(F)ccc(N)c3F)cc12. The number of nitrogens with two attached hydrogens (primary N) is 1. The number of pyridine rings is 1. The van der Waals surface area contributed by atoms with Crippen molar-refractivity contribution in [3.05, 3.63) is 47.3 Å². The molecule has 2 N–H and O–H groups in total. The molecule has 0 fully saturated rings. The van der Waals surface area contributed by atoms with Gasteiger partial charge in [0, 0.05) is 21.6 Å². The van der Waals surface area contributed by atoms with Crippen LogP contribution in [0.5, 0.6) is 5.75 Å². The minimum absolute atomic E-state index is 0.0238. The highest BCUT2D eigenvalue weighted by atomic mass is 28.3. The lowest BCUT2D eigenvalue weighted by Crippen LogP contribution is -2.22. The summed E-state index contributed by atoms with van der Waals surface area (Å²) in [5, 5.41) is 4.06. The van der Waals surface area contributed by atoms with E-state index in [0.29, 0.717) is 6.61 Å². The van der Waals surface area contributed by atoms with Crippen LogP contribution in [0.3, 0.4) is 0 Å². The third-order valence-corrected chi connectivity index (χ3v) is 6.49. The van der Waals surface area contributed by atoms with Crippen LogP contribution in [0.15, 0.2) is 24.4 Å². The molecule has 0 atom stereocenters. The first kappa shape index (κ1) is 24.0. The van der Waals surface area contributed by atoms with Gasteiger partial charge in [0.05, 0.1) is 22.8 Å². The highest BCUT2D eigenvalue weighted by Crippen LogP contribution is 2.33. The molecule has 3 rings (SSSR count). The maximum atomic E-state index is 14.2. The van der Waals surface area contributed by atoms with Crippen LogP contribution in [0.1, 0.15) is 18.2 Å². The van der Waals surface area contributed by atoms with Crippen LogP contribution in [0.2, 0.25) is 25.7 Å². The summed E-state index contributed by atoms with van der Waals surface area (Å²) in [5.41, 5.74) is 4.59. The van der Waals surface area contributed by atoms with Crippen molar-refractivity contribution in [2.24, 2.45) is 0 Å². The molecular formula is C21H26F4N4O2Si. The van der Waals surface area contributed by atoms with Crippen molar-refractivity contribution >= 4 is 24.8 Å². The van der Waals surface area contributed by atoms with E-state index in [-0.39, 0.29) is 34.8 Å². The van der Waals surface area contributed by atoms with E-state index in [0.717, 1.165) is 25.1 Å². The number of hydrogen-bond acceptors (Lipinski definition) is 5. The van der Waals surface area contributed by atoms with E-state index in [9.17, 15) is 17.6 Å². The van der Waals surface area contributed by atoms with Crippen molar-refractivity contribution in [2.75, 3.05) is 12.3 Å². The normalized spacial score (nSPS) is 12.5. The maximum absolute atomic E-state index is 14.2. The molecule has 0 aliphatic rings. The molecule has 3 aromatic rings. The number of alkyl halides is 2. The van der Waals surface area contributed by atoms with Crippen LogP contribution in [-0.4, -0.2) is 29.4 Å². The zero-order valence-electron chi connectivity index (χ0n) is 18.4. The summed E-state index contributed by atoms with van der Waals surface area (Å²) >= 11 is 0. The minimum Gasteiger partial charge on any atom is -0.487 e. The van der Waals surface area contributed by atoms with E-state index in [2.05, 4.69) is 29.7 Å². The van der Waals surface area contributed by atoms with Crippen LogP contribution in [0.25, 0.3) is 11.0 Å². The number of nitrogens with zero attached hydrogens (tertiary/aromatic N) is 3. The average molecular weight is 471 g/mol. The van der Waals surface area contributed by atoms with Crippen molar-refractivity contribution in [3.8, 4) is 5.75 Å². The largest absolute Gasteiger partial charge is 0.487 e. The zero-order chi connectivity index (χ0) is 23.7. The van der Waals surface area contributed by atoms with E-state index in [4.69, 9.17) is 15.2 Å². The summed E-state index contributed by atoms with van der Waals surface area (Å²) < 4.78 is 68.7. The second-order valence-electron chi connectivity index (χ2n) is 8.84. The Labute approximate surface area is 184 Å². The van der Waals surface area contributed by atoms with E-state index in [1.54, 1.807) is 0 Å². The van der Waals surface area contributed by atoms with Crippen LogP contribution in [0, 0.1) is 11.6 Å². The molecule has 0 amide bonds. The molecule has 174 valence electrons. The van der Waals surface area contributed by atoms with Gasteiger partial charge in [0.2, 0.25) is 0 Å². The first-order chi connectivity index (χ1) is 14.9. The Bertz CT molecular complexity index is 1110. The van der Waals surface area contributed by atoms with Crippen LogP contribution in [0.4, 0.5) is 23.2 Å². The fourth-order valence-electron chi connectivity index (χ4n) is 2.97. The average Bonchev–Trinajstić information content (AvgIpc) is 3.06. The molecular weight excluding hydrogens is 444 g/mol. The van der Waals surface area contributed by atoms with Gasteiger partial charge in [0.1, 0.15) is 30.6 Å². The topological polar surface area (TPSA) is 75.2 Å². The number of anilines is 1.